The SMILES string of the molecule is [CH2]C(C)C(C)CCCCCCCCC. The summed E-state index contributed by atoms with van der Waals surface area (Å²) in [7, 11) is 0. The predicted octanol–water partition coefficient (Wildman–Crippen LogP) is 5.23. The molecule has 0 aromatic rings. The fourth-order valence-corrected chi connectivity index (χ4v) is 1.71. The van der Waals surface area contributed by atoms with Gasteiger partial charge in [0.1, 0.15) is 0 Å². The smallest absolute Gasteiger partial charge is 0.0417 e. The van der Waals surface area contributed by atoms with Crippen LogP contribution in [0.3, 0.4) is 0 Å². The highest BCUT2D eigenvalue weighted by atomic mass is 14.1. The zero-order valence-corrected chi connectivity index (χ0v) is 10.5. The van der Waals surface area contributed by atoms with Crippen molar-refractivity contribution in [2.45, 2.75) is 72.1 Å². The van der Waals surface area contributed by atoms with Crippen LogP contribution in [-0.4, -0.2) is 0 Å². The lowest BCUT2D eigenvalue weighted by Gasteiger charge is -2.14. The molecule has 2 unspecified atom stereocenters. The van der Waals surface area contributed by atoms with Gasteiger partial charge in [-0.3, -0.25) is 0 Å². The third-order valence-electron chi connectivity index (χ3n) is 3.23. The monoisotopic (exact) mass is 197 g/mol. The molecule has 0 saturated carbocycles. The zero-order valence-electron chi connectivity index (χ0n) is 10.5. The average Bonchev–Trinajstić information content (AvgIpc) is 2.16. The lowest BCUT2D eigenvalue weighted by molar-refractivity contribution is 0.402. The minimum Gasteiger partial charge on any atom is -0.0654 e. The van der Waals surface area contributed by atoms with Crippen LogP contribution in [0.2, 0.25) is 0 Å². The second-order valence-corrected chi connectivity index (χ2v) is 4.86. The summed E-state index contributed by atoms with van der Waals surface area (Å²) in [4.78, 5) is 0. The summed E-state index contributed by atoms with van der Waals surface area (Å²) >= 11 is 0. The van der Waals surface area contributed by atoms with Gasteiger partial charge >= 0.3 is 0 Å². The Morgan fingerprint density at radius 2 is 1.36 bits per heavy atom. The van der Waals surface area contributed by atoms with Crippen LogP contribution in [0.15, 0.2) is 0 Å². The maximum atomic E-state index is 4.08. The van der Waals surface area contributed by atoms with Crippen LogP contribution in [-0.2, 0) is 0 Å². The largest absolute Gasteiger partial charge is 0.0654 e. The van der Waals surface area contributed by atoms with E-state index >= 15 is 0 Å². The molecule has 0 spiro atoms. The Kier molecular flexibility index (Phi) is 9.55. The van der Waals surface area contributed by atoms with Gasteiger partial charge in [0.15, 0.2) is 0 Å². The van der Waals surface area contributed by atoms with E-state index in [2.05, 4.69) is 27.7 Å². The Balaban J connectivity index is 3.06. The zero-order chi connectivity index (χ0) is 10.8. The van der Waals surface area contributed by atoms with Gasteiger partial charge in [0.25, 0.3) is 0 Å². The summed E-state index contributed by atoms with van der Waals surface area (Å²) < 4.78 is 0. The molecule has 0 aromatic carbocycles. The molecule has 0 saturated heterocycles. The second kappa shape index (κ2) is 9.55. The summed E-state index contributed by atoms with van der Waals surface area (Å²) in [5, 5.41) is 0. The summed E-state index contributed by atoms with van der Waals surface area (Å²) in [5.41, 5.74) is 0. The maximum Gasteiger partial charge on any atom is -0.0417 e. The molecule has 0 rings (SSSR count). The quantitative estimate of drug-likeness (QED) is 0.444. The maximum absolute atomic E-state index is 4.08. The molecule has 0 amide bonds. The van der Waals surface area contributed by atoms with Crippen molar-refractivity contribution in [3.8, 4) is 0 Å². The summed E-state index contributed by atoms with van der Waals surface area (Å²) in [6.45, 7) is 10.9. The molecule has 0 heterocycles. The molecule has 85 valence electrons. The van der Waals surface area contributed by atoms with E-state index in [1.165, 1.54) is 51.4 Å². The molecule has 0 fully saturated rings. The van der Waals surface area contributed by atoms with Gasteiger partial charge in [-0.15, -0.1) is 0 Å². The molecule has 0 bridgehead atoms. The van der Waals surface area contributed by atoms with Gasteiger partial charge in [-0.25, -0.2) is 0 Å². The summed E-state index contributed by atoms with van der Waals surface area (Å²) in [6.07, 6.45) is 11.3. The molecule has 14 heavy (non-hydrogen) atoms. The van der Waals surface area contributed by atoms with Gasteiger partial charge < -0.3 is 0 Å². The van der Waals surface area contributed by atoms with Crippen molar-refractivity contribution in [1.82, 2.24) is 0 Å². The first kappa shape index (κ1) is 14.0. The summed E-state index contributed by atoms with van der Waals surface area (Å²) in [6, 6.07) is 0. The lowest BCUT2D eigenvalue weighted by atomic mass is 9.92. The Morgan fingerprint density at radius 3 is 1.86 bits per heavy atom. The van der Waals surface area contributed by atoms with Crippen molar-refractivity contribution in [2.75, 3.05) is 0 Å². The van der Waals surface area contributed by atoms with E-state index in [9.17, 15) is 0 Å². The highest BCUT2D eigenvalue weighted by molar-refractivity contribution is 4.63. The normalized spacial score (nSPS) is 13.5. The van der Waals surface area contributed by atoms with Crippen molar-refractivity contribution >= 4 is 0 Å². The highest BCUT2D eigenvalue weighted by Crippen LogP contribution is 2.18. The van der Waals surface area contributed by atoms with Crippen LogP contribution in [0.1, 0.15) is 72.1 Å². The minimum atomic E-state index is 0.620. The number of rotatable bonds is 9. The van der Waals surface area contributed by atoms with Crippen LogP contribution in [0, 0.1) is 18.8 Å². The minimum absolute atomic E-state index is 0.620. The third kappa shape index (κ3) is 8.59. The molecule has 0 aliphatic rings. The van der Waals surface area contributed by atoms with E-state index in [0.29, 0.717) is 5.92 Å². The number of hydrogen-bond donors (Lipinski definition) is 0. The molecule has 0 N–H and O–H groups in total. The van der Waals surface area contributed by atoms with Crippen molar-refractivity contribution in [3.05, 3.63) is 6.92 Å². The van der Waals surface area contributed by atoms with Crippen molar-refractivity contribution in [2.24, 2.45) is 11.8 Å². The van der Waals surface area contributed by atoms with Gasteiger partial charge in [-0.1, -0.05) is 79.1 Å². The Bertz CT molecular complexity index is 105. The van der Waals surface area contributed by atoms with Gasteiger partial charge in [0, 0.05) is 0 Å². The van der Waals surface area contributed by atoms with Crippen LogP contribution in [0.4, 0.5) is 0 Å². The average molecular weight is 197 g/mol. The van der Waals surface area contributed by atoms with Crippen molar-refractivity contribution in [1.29, 1.82) is 0 Å². The predicted molar refractivity (Wildman–Crippen MR) is 66.3 cm³/mol. The topological polar surface area (TPSA) is 0 Å². The van der Waals surface area contributed by atoms with Crippen LogP contribution in [0.5, 0.6) is 0 Å². The van der Waals surface area contributed by atoms with Crippen molar-refractivity contribution < 1.29 is 0 Å². The van der Waals surface area contributed by atoms with E-state index in [1.54, 1.807) is 0 Å². The Labute approximate surface area is 91.5 Å². The van der Waals surface area contributed by atoms with Gasteiger partial charge in [-0.2, -0.15) is 0 Å². The molecule has 0 nitrogen and oxygen atoms in total. The van der Waals surface area contributed by atoms with Crippen LogP contribution >= 0.6 is 0 Å². The molecule has 1 radical (unpaired) electrons. The molecule has 0 aliphatic carbocycles. The van der Waals surface area contributed by atoms with E-state index in [4.69, 9.17) is 0 Å². The Hall–Kier alpha value is 0. The molecular weight excluding hydrogens is 168 g/mol. The van der Waals surface area contributed by atoms with E-state index in [-0.39, 0.29) is 0 Å². The molecular formula is C14H29. The van der Waals surface area contributed by atoms with Gasteiger partial charge in [0.05, 0.1) is 0 Å². The lowest BCUT2D eigenvalue weighted by Crippen LogP contribution is -2.03. The molecule has 0 aliphatic heterocycles. The molecule has 0 aromatic heterocycles. The van der Waals surface area contributed by atoms with E-state index < -0.39 is 0 Å². The summed E-state index contributed by atoms with van der Waals surface area (Å²) in [5.74, 6) is 1.43. The molecule has 2 atom stereocenters. The van der Waals surface area contributed by atoms with Gasteiger partial charge in [0.2, 0.25) is 0 Å². The van der Waals surface area contributed by atoms with Crippen molar-refractivity contribution in [3.63, 3.8) is 0 Å². The fourth-order valence-electron chi connectivity index (χ4n) is 1.71. The van der Waals surface area contributed by atoms with Crippen LogP contribution < -0.4 is 0 Å². The number of hydrogen-bond acceptors (Lipinski definition) is 0. The standard InChI is InChI=1S/C14H29/c1-5-6-7-8-9-10-11-12-14(4)13(2)3/h13-14H,2,5-12H2,1,3-4H3. The van der Waals surface area contributed by atoms with Crippen LogP contribution in [0.25, 0.3) is 0 Å². The first-order chi connectivity index (χ1) is 6.68. The Morgan fingerprint density at radius 1 is 0.857 bits per heavy atom. The second-order valence-electron chi connectivity index (χ2n) is 4.86. The first-order valence-corrected chi connectivity index (χ1v) is 6.51. The fraction of sp³-hybridized carbons (Fsp3) is 0.929. The number of unbranched alkanes of at least 4 members (excludes halogenated alkanes) is 6. The van der Waals surface area contributed by atoms with E-state index in [0.717, 1.165) is 5.92 Å². The third-order valence-corrected chi connectivity index (χ3v) is 3.23. The van der Waals surface area contributed by atoms with Gasteiger partial charge in [-0.05, 0) is 11.8 Å². The highest BCUT2D eigenvalue weighted by Gasteiger charge is 2.05. The first-order valence-electron chi connectivity index (χ1n) is 6.51. The van der Waals surface area contributed by atoms with E-state index in [1.807, 2.05) is 0 Å². The molecule has 0 heteroatoms.